The van der Waals surface area contributed by atoms with E-state index in [2.05, 4.69) is 51.1 Å². The zero-order valence-corrected chi connectivity index (χ0v) is 27.8. The molecular weight excluding hydrogens is 574 g/mol. The Morgan fingerprint density at radius 1 is 1.16 bits per heavy atom. The molecule has 11 atom stereocenters. The molecule has 0 radical (unpaired) electrons. The summed E-state index contributed by atoms with van der Waals surface area (Å²) in [7, 11) is 0. The van der Waals surface area contributed by atoms with Crippen LogP contribution in [0, 0.1) is 28.6 Å². The van der Waals surface area contributed by atoms with Gasteiger partial charge in [-0.1, -0.05) is 74.9 Å². The molecule has 1 spiro atoms. The molecule has 3 unspecified atom stereocenters. The van der Waals surface area contributed by atoms with E-state index in [0.717, 1.165) is 12.0 Å². The van der Waals surface area contributed by atoms with Gasteiger partial charge in [-0.25, -0.2) is 0 Å². The largest absolute Gasteiger partial charge is 0.462 e. The smallest absolute Gasteiger partial charge is 0.316 e. The molecule has 5 aliphatic rings. The molecule has 2 N–H and O–H groups in total. The number of nitroso groups, excluding NO2 is 1. The first-order valence-corrected chi connectivity index (χ1v) is 16.6. The minimum Gasteiger partial charge on any atom is -0.462 e. The zero-order chi connectivity index (χ0) is 32.7. The Morgan fingerprint density at radius 2 is 1.91 bits per heavy atom. The van der Waals surface area contributed by atoms with Crippen LogP contribution in [0.25, 0.3) is 0 Å². The molecule has 0 saturated carbocycles. The molecule has 0 amide bonds. The number of nitrogens with zero attached hydrogens (tertiary/aromatic N) is 1. The number of aliphatic hydroxyl groups excluding tert-OH is 1. The second-order valence-electron chi connectivity index (χ2n) is 14.5. The van der Waals surface area contributed by atoms with E-state index in [-0.39, 0.29) is 43.5 Å². The molecule has 2 bridgehead atoms. The van der Waals surface area contributed by atoms with Gasteiger partial charge in [0.2, 0.25) is 0 Å². The fourth-order valence-corrected chi connectivity index (χ4v) is 7.98. The summed E-state index contributed by atoms with van der Waals surface area (Å²) >= 11 is 0. The van der Waals surface area contributed by atoms with E-state index in [1.807, 2.05) is 19.9 Å². The van der Waals surface area contributed by atoms with E-state index in [0.29, 0.717) is 29.9 Å². The van der Waals surface area contributed by atoms with Gasteiger partial charge >= 0.3 is 5.97 Å². The molecule has 9 heteroatoms. The molecule has 248 valence electrons. The van der Waals surface area contributed by atoms with E-state index in [1.165, 1.54) is 5.57 Å². The van der Waals surface area contributed by atoms with Gasteiger partial charge in [0.1, 0.15) is 35.9 Å². The molecular formula is C36H51NO8. The van der Waals surface area contributed by atoms with E-state index in [9.17, 15) is 19.9 Å². The zero-order valence-electron chi connectivity index (χ0n) is 27.8. The van der Waals surface area contributed by atoms with Crippen molar-refractivity contribution in [2.75, 3.05) is 6.61 Å². The number of hydrogen-bond acceptors (Lipinski definition) is 9. The Balaban J connectivity index is 1.54. The summed E-state index contributed by atoms with van der Waals surface area (Å²) in [6, 6.07) is -0.535. The van der Waals surface area contributed by atoms with Gasteiger partial charge in [0.15, 0.2) is 5.79 Å². The number of fused-ring (bicyclic) bond motifs is 2. The van der Waals surface area contributed by atoms with Crippen molar-refractivity contribution in [3.05, 3.63) is 63.7 Å². The SMILES string of the molecule is CC1=CC[C@@H]2C[C@@H](C[C@]3(CC(N=O)[C@H](C)[C@@H](C(C)=CC(C)C)O3)O2)OC(=O)C2C=C(C)C(O)[C@H]3OCC(=CC=C[C@H](C)C1)[C@@]23O. The maximum Gasteiger partial charge on any atom is 0.316 e. The molecule has 3 fully saturated rings. The monoisotopic (exact) mass is 625 g/mol. The van der Waals surface area contributed by atoms with Crippen LogP contribution >= 0.6 is 0 Å². The van der Waals surface area contributed by atoms with Gasteiger partial charge in [0, 0.05) is 25.2 Å². The lowest BCUT2D eigenvalue weighted by molar-refractivity contribution is -0.332. The molecule has 1 aliphatic carbocycles. The van der Waals surface area contributed by atoms with Gasteiger partial charge in [-0.15, -0.1) is 0 Å². The topological polar surface area (TPSA) is 124 Å². The summed E-state index contributed by atoms with van der Waals surface area (Å²) in [4.78, 5) is 26.2. The highest BCUT2D eigenvalue weighted by molar-refractivity contribution is 5.78. The summed E-state index contributed by atoms with van der Waals surface area (Å²) in [6.07, 6.45) is 10.8. The fraction of sp³-hybridized carbons (Fsp3) is 0.694. The van der Waals surface area contributed by atoms with Crippen molar-refractivity contribution in [3.8, 4) is 0 Å². The lowest BCUT2D eigenvalue weighted by atomic mass is 9.71. The van der Waals surface area contributed by atoms with Crippen molar-refractivity contribution in [1.82, 2.24) is 0 Å². The van der Waals surface area contributed by atoms with Gasteiger partial charge in [-0.05, 0) is 62.2 Å². The van der Waals surface area contributed by atoms with E-state index < -0.39 is 47.6 Å². The van der Waals surface area contributed by atoms with Crippen LogP contribution in [0.15, 0.2) is 63.9 Å². The van der Waals surface area contributed by atoms with Crippen LogP contribution in [0.4, 0.5) is 0 Å². The quantitative estimate of drug-likeness (QED) is 0.227. The van der Waals surface area contributed by atoms with Crippen molar-refractivity contribution in [1.29, 1.82) is 0 Å². The minimum atomic E-state index is -1.76. The number of carbonyl (C=O) groups excluding carboxylic acids is 1. The molecule has 9 nitrogen and oxygen atoms in total. The first kappa shape index (κ1) is 33.9. The van der Waals surface area contributed by atoms with Crippen molar-refractivity contribution in [2.24, 2.45) is 28.8 Å². The maximum atomic E-state index is 14.1. The van der Waals surface area contributed by atoms with Gasteiger partial charge in [-0.2, -0.15) is 4.91 Å². The Morgan fingerprint density at radius 3 is 2.62 bits per heavy atom. The Hall–Kier alpha value is -2.43. The van der Waals surface area contributed by atoms with Crippen LogP contribution < -0.4 is 0 Å². The van der Waals surface area contributed by atoms with Crippen molar-refractivity contribution in [2.45, 2.75) is 129 Å². The lowest BCUT2D eigenvalue weighted by Crippen LogP contribution is -2.59. The van der Waals surface area contributed by atoms with Gasteiger partial charge < -0.3 is 29.2 Å². The average molecular weight is 626 g/mol. The first-order valence-electron chi connectivity index (χ1n) is 16.6. The van der Waals surface area contributed by atoms with Crippen molar-refractivity contribution >= 4 is 5.97 Å². The number of carbonyl (C=O) groups is 1. The molecule has 0 aromatic carbocycles. The van der Waals surface area contributed by atoms with Crippen LogP contribution in [0.3, 0.4) is 0 Å². The standard InChI is InChI=1S/C36H51NO8/c1-20(2)13-24(6)32-25(7)30(37-41)18-35(45-32)17-28-16-27(44-35)12-11-22(4)14-21(3)9-8-10-26-19-42-33-31(38)23(5)15-29(34(39)43-28)36(26,33)40/h8-11,13,15,20-21,25,27-33,38,40H,12,14,16-19H2,1-7H3/t21-,25-,27+,28-,29?,30?,31?,32+,33+,35-,36+/m0/s1. The predicted octanol–water partition coefficient (Wildman–Crippen LogP) is 5.86. The average Bonchev–Trinajstić information content (AvgIpc) is 3.30. The lowest BCUT2D eigenvalue weighted by Gasteiger charge is -2.51. The van der Waals surface area contributed by atoms with Crippen LogP contribution in [-0.2, 0) is 23.7 Å². The summed E-state index contributed by atoms with van der Waals surface area (Å²) in [5.74, 6) is -2.46. The third kappa shape index (κ3) is 6.84. The Kier molecular flexibility index (Phi) is 10.1. The fourth-order valence-electron chi connectivity index (χ4n) is 7.98. The molecule has 0 aromatic heterocycles. The number of esters is 1. The molecule has 4 aliphatic heterocycles. The van der Waals surface area contributed by atoms with Gasteiger partial charge in [0.25, 0.3) is 0 Å². The second kappa shape index (κ2) is 13.4. The number of ether oxygens (including phenoxy) is 4. The third-order valence-corrected chi connectivity index (χ3v) is 10.2. The highest BCUT2D eigenvalue weighted by atomic mass is 16.7. The number of hydrogen-bond donors (Lipinski definition) is 2. The summed E-state index contributed by atoms with van der Waals surface area (Å²) in [5, 5.41) is 26.6. The van der Waals surface area contributed by atoms with Crippen LogP contribution in [0.2, 0.25) is 0 Å². The maximum absolute atomic E-state index is 14.1. The van der Waals surface area contributed by atoms with Crippen molar-refractivity contribution < 1.29 is 34.0 Å². The summed E-state index contributed by atoms with van der Waals surface area (Å²) in [5.41, 5.74) is 1.55. The number of rotatable bonds is 3. The normalized spacial score (nSPS) is 42.9. The minimum absolute atomic E-state index is 0.0972. The van der Waals surface area contributed by atoms with Gasteiger partial charge in [-0.3, -0.25) is 4.79 Å². The van der Waals surface area contributed by atoms with E-state index in [4.69, 9.17) is 18.9 Å². The molecule has 4 heterocycles. The molecule has 0 aromatic rings. The van der Waals surface area contributed by atoms with Gasteiger partial charge in [0.05, 0.1) is 18.8 Å². The van der Waals surface area contributed by atoms with Crippen molar-refractivity contribution in [3.63, 3.8) is 0 Å². The highest BCUT2D eigenvalue weighted by Gasteiger charge is 2.60. The van der Waals surface area contributed by atoms with E-state index in [1.54, 1.807) is 19.1 Å². The Labute approximate surface area is 267 Å². The predicted molar refractivity (Wildman–Crippen MR) is 171 cm³/mol. The number of aliphatic hydroxyl groups is 2. The first-order chi connectivity index (χ1) is 21.3. The molecule has 3 saturated heterocycles. The molecule has 45 heavy (non-hydrogen) atoms. The highest BCUT2D eigenvalue weighted by Crippen LogP contribution is 2.48. The van der Waals surface area contributed by atoms with Crippen LogP contribution in [0.1, 0.15) is 80.6 Å². The van der Waals surface area contributed by atoms with Crippen LogP contribution in [-0.4, -0.2) is 70.7 Å². The summed E-state index contributed by atoms with van der Waals surface area (Å²) < 4.78 is 25.7. The number of allylic oxidation sites excluding steroid dienone is 5. The van der Waals surface area contributed by atoms with E-state index >= 15 is 0 Å². The Bertz CT molecular complexity index is 1300. The molecule has 5 rings (SSSR count). The third-order valence-electron chi connectivity index (χ3n) is 10.2. The van der Waals surface area contributed by atoms with Crippen LogP contribution in [0.5, 0.6) is 0 Å². The second-order valence-corrected chi connectivity index (χ2v) is 14.5. The summed E-state index contributed by atoms with van der Waals surface area (Å²) in [6.45, 7) is 14.3.